The molecule has 0 spiro atoms. The van der Waals surface area contributed by atoms with Gasteiger partial charge in [-0.2, -0.15) is 0 Å². The molecule has 0 bridgehead atoms. The molecule has 4 heterocycles. The highest BCUT2D eigenvalue weighted by atomic mass is 16.5. The molecule has 3 aromatic rings. The molecule has 0 radical (unpaired) electrons. The van der Waals surface area contributed by atoms with Crippen LogP contribution in [-0.2, 0) is 11.3 Å². The smallest absolute Gasteiger partial charge is 0.182 e. The molecule has 2 fully saturated rings. The van der Waals surface area contributed by atoms with Gasteiger partial charge in [-0.15, -0.1) is 11.5 Å². The number of terminal acetylenes is 1. The maximum atomic E-state index is 5.60. The molecule has 8 heteroatoms. The van der Waals surface area contributed by atoms with Gasteiger partial charge in [0.25, 0.3) is 0 Å². The number of ether oxygens (including phenoxy) is 2. The summed E-state index contributed by atoms with van der Waals surface area (Å²) in [6.07, 6.45) is 7.46. The average molecular weight is 433 g/mol. The van der Waals surface area contributed by atoms with E-state index >= 15 is 0 Å². The van der Waals surface area contributed by atoms with Gasteiger partial charge in [0, 0.05) is 57.6 Å². The molecule has 5 rings (SSSR count). The zero-order valence-corrected chi connectivity index (χ0v) is 18.2. The van der Waals surface area contributed by atoms with E-state index in [1.165, 1.54) is 5.56 Å². The van der Waals surface area contributed by atoms with E-state index in [1.807, 2.05) is 28.8 Å². The summed E-state index contributed by atoms with van der Waals surface area (Å²) < 4.78 is 13.1. The second-order valence-electron chi connectivity index (χ2n) is 8.08. The van der Waals surface area contributed by atoms with Gasteiger partial charge in [0.05, 0.1) is 13.2 Å². The average Bonchev–Trinajstić information content (AvgIpc) is 3.26. The molecule has 2 aliphatic rings. The summed E-state index contributed by atoms with van der Waals surface area (Å²) in [5, 5.41) is 8.27. The van der Waals surface area contributed by atoms with Crippen LogP contribution in [0.25, 0.3) is 16.9 Å². The van der Waals surface area contributed by atoms with Crippen LogP contribution < -0.4 is 15.0 Å². The standard InChI is InChI=1S/C24H28N6O2/c1-2-12-32-21-5-3-4-20(16-21)23-26-24(29-10-13-31-14-11-29)22-15-19(18-30(22)27-23)17-28-8-6-25-7-9-28/h1,3-5,15-16,18,25H,6-14,17H2. The number of nitrogens with zero attached hydrogens (tertiary/aromatic N) is 5. The largest absolute Gasteiger partial charge is 0.481 e. The molecule has 2 aromatic heterocycles. The van der Waals surface area contributed by atoms with Crippen LogP contribution in [0.1, 0.15) is 5.56 Å². The molecule has 8 nitrogen and oxygen atoms in total. The molecular weight excluding hydrogens is 404 g/mol. The minimum Gasteiger partial charge on any atom is -0.481 e. The summed E-state index contributed by atoms with van der Waals surface area (Å²) in [6, 6.07) is 9.99. The third-order valence-electron chi connectivity index (χ3n) is 5.84. The highest BCUT2D eigenvalue weighted by molar-refractivity contribution is 5.73. The minimum absolute atomic E-state index is 0.232. The number of benzene rings is 1. The van der Waals surface area contributed by atoms with Gasteiger partial charge in [-0.05, 0) is 23.8 Å². The highest BCUT2D eigenvalue weighted by Gasteiger charge is 2.20. The topological polar surface area (TPSA) is 67.2 Å². The minimum atomic E-state index is 0.232. The number of hydrogen-bond donors (Lipinski definition) is 1. The van der Waals surface area contributed by atoms with Crippen molar-refractivity contribution >= 4 is 11.3 Å². The van der Waals surface area contributed by atoms with Crippen LogP contribution in [0.2, 0.25) is 0 Å². The predicted octanol–water partition coefficient (Wildman–Crippen LogP) is 1.65. The van der Waals surface area contributed by atoms with Crippen molar-refractivity contribution in [2.24, 2.45) is 0 Å². The van der Waals surface area contributed by atoms with E-state index in [-0.39, 0.29) is 6.61 Å². The second kappa shape index (κ2) is 9.57. The summed E-state index contributed by atoms with van der Waals surface area (Å²) in [7, 11) is 0. The Balaban J connectivity index is 1.52. The lowest BCUT2D eigenvalue weighted by atomic mass is 10.2. The van der Waals surface area contributed by atoms with Gasteiger partial charge in [-0.1, -0.05) is 18.1 Å². The highest BCUT2D eigenvalue weighted by Crippen LogP contribution is 2.28. The molecule has 0 unspecified atom stereocenters. The molecule has 32 heavy (non-hydrogen) atoms. The van der Waals surface area contributed by atoms with E-state index in [1.54, 1.807) is 0 Å². The van der Waals surface area contributed by atoms with Gasteiger partial charge >= 0.3 is 0 Å². The molecule has 1 N–H and O–H groups in total. The summed E-state index contributed by atoms with van der Waals surface area (Å²) >= 11 is 0. The maximum Gasteiger partial charge on any atom is 0.182 e. The molecule has 2 saturated heterocycles. The first-order valence-electron chi connectivity index (χ1n) is 11.1. The SMILES string of the molecule is C#CCOc1cccc(-c2nc(N3CCOCC3)c3cc(CN4CCNCC4)cn3n2)c1. The second-order valence-corrected chi connectivity index (χ2v) is 8.08. The predicted molar refractivity (Wildman–Crippen MR) is 124 cm³/mol. The number of morpholine rings is 1. The third-order valence-corrected chi connectivity index (χ3v) is 5.84. The van der Waals surface area contributed by atoms with E-state index in [9.17, 15) is 0 Å². The Morgan fingerprint density at radius 1 is 1.12 bits per heavy atom. The normalized spacial score (nSPS) is 17.4. The Kier molecular flexibility index (Phi) is 6.21. The molecule has 0 amide bonds. The quantitative estimate of drug-likeness (QED) is 0.594. The van der Waals surface area contributed by atoms with Gasteiger partial charge in [0.15, 0.2) is 11.6 Å². The van der Waals surface area contributed by atoms with Gasteiger partial charge in [0.2, 0.25) is 0 Å². The van der Waals surface area contributed by atoms with Crippen molar-refractivity contribution in [2.75, 3.05) is 64.0 Å². The van der Waals surface area contributed by atoms with Crippen molar-refractivity contribution in [3.8, 4) is 29.5 Å². The number of fused-ring (bicyclic) bond motifs is 1. The Hall–Kier alpha value is -3.12. The number of hydrogen-bond acceptors (Lipinski definition) is 7. The Bertz CT molecular complexity index is 1110. The van der Waals surface area contributed by atoms with Crippen LogP contribution in [-0.4, -0.2) is 78.6 Å². The van der Waals surface area contributed by atoms with Crippen LogP contribution in [0.4, 0.5) is 5.82 Å². The van der Waals surface area contributed by atoms with Crippen molar-refractivity contribution in [1.29, 1.82) is 0 Å². The maximum absolute atomic E-state index is 5.60. The van der Waals surface area contributed by atoms with Gasteiger partial charge in [-0.25, -0.2) is 9.50 Å². The molecule has 0 atom stereocenters. The first-order chi connectivity index (χ1) is 15.8. The zero-order chi connectivity index (χ0) is 21.8. The van der Waals surface area contributed by atoms with E-state index in [0.717, 1.165) is 62.7 Å². The fourth-order valence-corrected chi connectivity index (χ4v) is 4.23. The fourth-order valence-electron chi connectivity index (χ4n) is 4.23. The Labute approximate surface area is 188 Å². The zero-order valence-electron chi connectivity index (χ0n) is 18.2. The van der Waals surface area contributed by atoms with E-state index in [4.69, 9.17) is 26.0 Å². The molecule has 0 saturated carbocycles. The number of anilines is 1. The molecule has 2 aliphatic heterocycles. The lowest BCUT2D eigenvalue weighted by Crippen LogP contribution is -2.42. The Morgan fingerprint density at radius 3 is 2.78 bits per heavy atom. The summed E-state index contributed by atoms with van der Waals surface area (Å²) in [5.74, 6) is 4.82. The fraction of sp³-hybridized carbons (Fsp3) is 0.417. The van der Waals surface area contributed by atoms with Crippen molar-refractivity contribution in [3.05, 3.63) is 42.1 Å². The number of piperazine rings is 1. The lowest BCUT2D eigenvalue weighted by Gasteiger charge is -2.28. The number of nitrogens with one attached hydrogen (secondary N) is 1. The number of aromatic nitrogens is 3. The van der Waals surface area contributed by atoms with Gasteiger partial charge in [0.1, 0.15) is 17.9 Å². The van der Waals surface area contributed by atoms with Crippen LogP contribution in [0.5, 0.6) is 5.75 Å². The van der Waals surface area contributed by atoms with Gasteiger partial charge < -0.3 is 19.7 Å². The monoisotopic (exact) mass is 432 g/mol. The lowest BCUT2D eigenvalue weighted by molar-refractivity contribution is 0.122. The van der Waals surface area contributed by atoms with Crippen molar-refractivity contribution in [3.63, 3.8) is 0 Å². The third kappa shape index (κ3) is 4.55. The Morgan fingerprint density at radius 2 is 1.97 bits per heavy atom. The summed E-state index contributed by atoms with van der Waals surface area (Å²) in [5.41, 5.74) is 3.17. The molecular formula is C24H28N6O2. The first kappa shape index (κ1) is 20.8. The first-order valence-corrected chi connectivity index (χ1v) is 11.1. The van der Waals surface area contributed by atoms with E-state index in [0.29, 0.717) is 24.8 Å². The van der Waals surface area contributed by atoms with Crippen LogP contribution in [0.3, 0.4) is 0 Å². The molecule has 0 aliphatic carbocycles. The van der Waals surface area contributed by atoms with Crippen molar-refractivity contribution < 1.29 is 9.47 Å². The molecule has 1 aromatic carbocycles. The van der Waals surface area contributed by atoms with Crippen LogP contribution in [0, 0.1) is 12.3 Å². The van der Waals surface area contributed by atoms with E-state index in [2.05, 4.69) is 33.3 Å². The van der Waals surface area contributed by atoms with Crippen molar-refractivity contribution in [2.45, 2.75) is 6.54 Å². The van der Waals surface area contributed by atoms with Gasteiger partial charge in [-0.3, -0.25) is 4.90 Å². The van der Waals surface area contributed by atoms with Crippen LogP contribution >= 0.6 is 0 Å². The summed E-state index contributed by atoms with van der Waals surface area (Å²) in [6.45, 7) is 8.38. The van der Waals surface area contributed by atoms with Crippen molar-refractivity contribution in [1.82, 2.24) is 24.8 Å². The van der Waals surface area contributed by atoms with Crippen LogP contribution in [0.15, 0.2) is 36.5 Å². The van der Waals surface area contributed by atoms with E-state index < -0.39 is 0 Å². The molecule has 166 valence electrons. The summed E-state index contributed by atoms with van der Waals surface area (Å²) in [4.78, 5) is 9.76. The number of rotatable bonds is 6.